The summed E-state index contributed by atoms with van der Waals surface area (Å²) in [4.78, 5) is 42.4. The molecule has 6 rings (SSSR count). The number of fused-ring (bicyclic) bond motifs is 1. The second-order valence-electron chi connectivity index (χ2n) is 12.8. The standard InChI is InChI=1S/C40H42ClN5O7/c1-52-36-22-31(32(41)21-26(36)23-42-24-35(48)29-11-13-34(47)38-30(29)12-14-37(49)45-38)39(50)43-17-20-46-18-15-27(16-19-46)53-40(51)44-33-10-6-5-9-28(33)25-7-3-2-4-8-25/h2-14,21-22,27,35,42,47-48H,15-20,23-24H2,1H3,(H,43,50)(H,44,51)(H,45,49)/t35-/m0/s1. The molecular weight excluding hydrogens is 698 g/mol. The maximum absolute atomic E-state index is 13.1. The number of halogens is 1. The Balaban J connectivity index is 0.944. The fourth-order valence-corrected chi connectivity index (χ4v) is 6.80. The van der Waals surface area contributed by atoms with E-state index in [4.69, 9.17) is 21.1 Å². The summed E-state index contributed by atoms with van der Waals surface area (Å²) in [5.74, 6) is 0.0514. The van der Waals surface area contributed by atoms with Crippen LogP contribution < -0.4 is 26.2 Å². The molecule has 0 spiro atoms. The van der Waals surface area contributed by atoms with E-state index in [1.54, 1.807) is 24.3 Å². The molecule has 2 amide bonds. The normalized spacial score (nSPS) is 14.1. The number of aromatic hydroxyl groups is 1. The lowest BCUT2D eigenvalue weighted by Crippen LogP contribution is -2.42. The zero-order valence-corrected chi connectivity index (χ0v) is 30.0. The van der Waals surface area contributed by atoms with Gasteiger partial charge in [0.1, 0.15) is 17.6 Å². The molecule has 0 saturated carbocycles. The van der Waals surface area contributed by atoms with Gasteiger partial charge in [0, 0.05) is 61.8 Å². The van der Waals surface area contributed by atoms with Crippen LogP contribution in [0.4, 0.5) is 10.5 Å². The van der Waals surface area contributed by atoms with E-state index < -0.39 is 12.2 Å². The van der Waals surface area contributed by atoms with Gasteiger partial charge in [-0.3, -0.25) is 14.9 Å². The van der Waals surface area contributed by atoms with Crippen molar-refractivity contribution in [2.45, 2.75) is 31.6 Å². The Kier molecular flexibility index (Phi) is 12.3. The summed E-state index contributed by atoms with van der Waals surface area (Å²) < 4.78 is 11.3. The Hall–Kier alpha value is -5.40. The van der Waals surface area contributed by atoms with Crippen LogP contribution in [0.15, 0.2) is 95.8 Å². The predicted molar refractivity (Wildman–Crippen MR) is 205 cm³/mol. The highest BCUT2D eigenvalue weighted by Crippen LogP contribution is 2.31. The number of carbonyl (C=O) groups is 2. The molecule has 6 N–H and O–H groups in total. The number of phenolic OH excluding ortho intramolecular Hbond substituents is 1. The Morgan fingerprint density at radius 3 is 2.53 bits per heavy atom. The van der Waals surface area contributed by atoms with Crippen LogP contribution in [0, 0.1) is 0 Å². The SMILES string of the molecule is COc1cc(C(=O)NCCN2CCC(OC(=O)Nc3ccccc3-c3ccccc3)CC2)c(Cl)cc1CNC[C@H](O)c1ccc(O)c2[nH]c(=O)ccc12. The molecule has 5 aromatic rings. The Morgan fingerprint density at radius 1 is 1.00 bits per heavy atom. The minimum atomic E-state index is -0.943. The van der Waals surface area contributed by atoms with Crippen molar-refractivity contribution in [1.29, 1.82) is 0 Å². The number of aliphatic hydroxyl groups is 1. The van der Waals surface area contributed by atoms with E-state index in [1.165, 1.54) is 19.2 Å². The number of piperidine rings is 1. The van der Waals surface area contributed by atoms with Crippen molar-refractivity contribution in [3.05, 3.63) is 123 Å². The van der Waals surface area contributed by atoms with Gasteiger partial charge in [-0.05, 0) is 54.3 Å². The van der Waals surface area contributed by atoms with Crippen LogP contribution in [0.5, 0.6) is 11.5 Å². The number of anilines is 1. The summed E-state index contributed by atoms with van der Waals surface area (Å²) in [6.07, 6.45) is -0.255. The van der Waals surface area contributed by atoms with Gasteiger partial charge in [0.25, 0.3) is 5.91 Å². The van der Waals surface area contributed by atoms with Gasteiger partial charge < -0.3 is 40.2 Å². The molecule has 13 heteroatoms. The monoisotopic (exact) mass is 739 g/mol. The first-order chi connectivity index (χ1) is 25.7. The average molecular weight is 740 g/mol. The predicted octanol–water partition coefficient (Wildman–Crippen LogP) is 5.83. The number of nitrogens with one attached hydrogen (secondary N) is 4. The van der Waals surface area contributed by atoms with Crippen molar-refractivity contribution in [2.24, 2.45) is 0 Å². The number of carbonyl (C=O) groups excluding carboxylic acids is 2. The Labute approximate surface area is 311 Å². The number of phenols is 1. The van der Waals surface area contributed by atoms with Crippen molar-refractivity contribution in [3.63, 3.8) is 0 Å². The lowest BCUT2D eigenvalue weighted by atomic mass is 10.0. The van der Waals surface area contributed by atoms with Crippen LogP contribution in [0.3, 0.4) is 0 Å². The van der Waals surface area contributed by atoms with Crippen LogP contribution in [0.25, 0.3) is 22.0 Å². The molecular formula is C40H42ClN5O7. The van der Waals surface area contributed by atoms with E-state index in [-0.39, 0.29) is 52.5 Å². The molecule has 2 heterocycles. The number of aromatic nitrogens is 1. The molecule has 0 unspecified atom stereocenters. The average Bonchev–Trinajstić information content (AvgIpc) is 3.16. The van der Waals surface area contributed by atoms with E-state index in [0.717, 1.165) is 24.2 Å². The number of amides is 2. The molecule has 1 aliphatic rings. The summed E-state index contributed by atoms with van der Waals surface area (Å²) in [6, 6.07) is 26.7. The lowest BCUT2D eigenvalue weighted by Gasteiger charge is -2.31. The minimum Gasteiger partial charge on any atom is -0.506 e. The highest BCUT2D eigenvalue weighted by molar-refractivity contribution is 6.34. The van der Waals surface area contributed by atoms with E-state index in [1.807, 2.05) is 54.6 Å². The molecule has 1 saturated heterocycles. The fourth-order valence-electron chi connectivity index (χ4n) is 6.53. The van der Waals surface area contributed by atoms with Crippen molar-refractivity contribution in [1.82, 2.24) is 20.5 Å². The largest absolute Gasteiger partial charge is 0.506 e. The number of aliphatic hydroxyl groups excluding tert-OH is 1. The van der Waals surface area contributed by atoms with Crippen molar-refractivity contribution < 1.29 is 29.3 Å². The number of ether oxygens (including phenoxy) is 2. The highest BCUT2D eigenvalue weighted by atomic mass is 35.5. The van der Waals surface area contributed by atoms with Crippen LogP contribution in [0.1, 0.15) is 40.4 Å². The maximum atomic E-state index is 13.1. The van der Waals surface area contributed by atoms with Gasteiger partial charge in [-0.1, -0.05) is 66.2 Å². The third-order valence-corrected chi connectivity index (χ3v) is 9.62. The number of likely N-dealkylation sites (tertiary alicyclic amines) is 1. The number of nitrogens with zero attached hydrogens (tertiary/aromatic N) is 1. The van der Waals surface area contributed by atoms with Gasteiger partial charge in [-0.2, -0.15) is 0 Å². The first kappa shape index (κ1) is 37.4. The number of para-hydroxylation sites is 1. The summed E-state index contributed by atoms with van der Waals surface area (Å²) in [5.41, 5.74) is 4.04. The summed E-state index contributed by atoms with van der Waals surface area (Å²) in [6.45, 7) is 2.92. The molecule has 0 radical (unpaired) electrons. The van der Waals surface area contributed by atoms with Crippen molar-refractivity contribution in [3.8, 4) is 22.6 Å². The molecule has 53 heavy (non-hydrogen) atoms. The van der Waals surface area contributed by atoms with Gasteiger partial charge in [0.2, 0.25) is 5.56 Å². The van der Waals surface area contributed by atoms with E-state index in [2.05, 4.69) is 25.8 Å². The number of aromatic amines is 1. The smallest absolute Gasteiger partial charge is 0.411 e. The first-order valence-corrected chi connectivity index (χ1v) is 17.8. The van der Waals surface area contributed by atoms with Gasteiger partial charge in [0.15, 0.2) is 0 Å². The second-order valence-corrected chi connectivity index (χ2v) is 13.2. The zero-order valence-electron chi connectivity index (χ0n) is 29.2. The third-order valence-electron chi connectivity index (χ3n) is 9.30. The topological polar surface area (TPSA) is 165 Å². The molecule has 0 bridgehead atoms. The molecule has 1 fully saturated rings. The summed E-state index contributed by atoms with van der Waals surface area (Å²) >= 11 is 6.56. The number of rotatable bonds is 13. The third kappa shape index (κ3) is 9.34. The molecule has 276 valence electrons. The second kappa shape index (κ2) is 17.4. The van der Waals surface area contributed by atoms with Gasteiger partial charge in [-0.25, -0.2) is 4.79 Å². The van der Waals surface area contributed by atoms with Crippen LogP contribution in [0.2, 0.25) is 5.02 Å². The van der Waals surface area contributed by atoms with Crippen LogP contribution in [-0.2, 0) is 11.3 Å². The van der Waals surface area contributed by atoms with E-state index in [9.17, 15) is 24.6 Å². The van der Waals surface area contributed by atoms with Crippen LogP contribution in [-0.4, -0.2) is 78.0 Å². The van der Waals surface area contributed by atoms with Gasteiger partial charge >= 0.3 is 6.09 Å². The molecule has 12 nitrogen and oxygen atoms in total. The van der Waals surface area contributed by atoms with Crippen LogP contribution >= 0.6 is 11.6 Å². The molecule has 0 aliphatic carbocycles. The zero-order chi connectivity index (χ0) is 37.3. The highest BCUT2D eigenvalue weighted by Gasteiger charge is 2.23. The molecule has 1 aliphatic heterocycles. The van der Waals surface area contributed by atoms with E-state index in [0.29, 0.717) is 53.9 Å². The minimum absolute atomic E-state index is 0.0829. The lowest BCUT2D eigenvalue weighted by molar-refractivity contribution is 0.0587. The quantitative estimate of drug-likeness (QED) is 0.0872. The number of methoxy groups -OCH3 is 1. The number of H-pyrrole nitrogens is 1. The van der Waals surface area contributed by atoms with Crippen molar-refractivity contribution >= 4 is 40.2 Å². The number of hydrogen-bond donors (Lipinski definition) is 6. The van der Waals surface area contributed by atoms with Crippen molar-refractivity contribution in [2.75, 3.05) is 45.2 Å². The number of benzene rings is 4. The first-order valence-electron chi connectivity index (χ1n) is 17.4. The molecule has 1 atom stereocenters. The molecule has 1 aromatic heterocycles. The summed E-state index contributed by atoms with van der Waals surface area (Å²) in [5, 5.41) is 30.9. The number of pyridine rings is 1. The Morgan fingerprint density at radius 2 is 1.75 bits per heavy atom. The maximum Gasteiger partial charge on any atom is 0.411 e. The van der Waals surface area contributed by atoms with Gasteiger partial charge in [0.05, 0.1) is 35.0 Å². The molecule has 4 aromatic carbocycles. The fraction of sp³-hybridized carbons (Fsp3) is 0.275. The summed E-state index contributed by atoms with van der Waals surface area (Å²) in [7, 11) is 1.51. The number of hydrogen-bond acceptors (Lipinski definition) is 9. The van der Waals surface area contributed by atoms with E-state index >= 15 is 0 Å². The van der Waals surface area contributed by atoms with Gasteiger partial charge in [-0.15, -0.1) is 0 Å². The Bertz CT molecular complexity index is 2120.